The number of rotatable bonds is 2. The zero-order valence-corrected chi connectivity index (χ0v) is 13.2. The van der Waals surface area contributed by atoms with Crippen molar-refractivity contribution in [3.8, 4) is 5.88 Å². The fourth-order valence-corrected chi connectivity index (χ4v) is 2.44. The first-order valence-corrected chi connectivity index (χ1v) is 7.38. The fraction of sp³-hybridized carbons (Fsp3) is 0.438. The normalized spacial score (nSPS) is 17.3. The number of aryl methyl sites for hydroxylation is 1. The number of pyridine rings is 1. The first kappa shape index (κ1) is 14.6. The highest BCUT2D eigenvalue weighted by molar-refractivity contribution is 6.05. The van der Waals surface area contributed by atoms with Crippen LogP contribution in [0.5, 0.6) is 5.88 Å². The maximum Gasteiger partial charge on any atom is 0.296 e. The van der Waals surface area contributed by atoms with Gasteiger partial charge >= 0.3 is 0 Å². The first-order chi connectivity index (χ1) is 10.5. The Hall–Kier alpha value is -2.37. The summed E-state index contributed by atoms with van der Waals surface area (Å²) in [5.74, 6) is 1.26. The summed E-state index contributed by atoms with van der Waals surface area (Å²) in [6.07, 6.45) is 1.52. The van der Waals surface area contributed by atoms with Crippen LogP contribution in [0.4, 0.5) is 5.69 Å². The molecule has 2 aromatic heterocycles. The number of oxazole rings is 1. The molecule has 0 fully saturated rings. The van der Waals surface area contributed by atoms with E-state index in [1.54, 1.807) is 24.1 Å². The Morgan fingerprint density at radius 2 is 2.23 bits per heavy atom. The minimum Gasteiger partial charge on any atom is -0.471 e. The second-order valence-electron chi connectivity index (χ2n) is 5.79. The van der Waals surface area contributed by atoms with E-state index in [-0.39, 0.29) is 23.7 Å². The van der Waals surface area contributed by atoms with Crippen LogP contribution in [-0.2, 0) is 0 Å². The Morgan fingerprint density at radius 1 is 1.45 bits per heavy atom. The molecule has 0 aliphatic carbocycles. The SMILES string of the molecule is Cc1nc(C(C)C)oc1C(=O)N1CC(C)Oc2ncccc21. The van der Waals surface area contributed by atoms with Crippen LogP contribution in [0.25, 0.3) is 0 Å². The number of carbonyl (C=O) groups is 1. The van der Waals surface area contributed by atoms with Crippen molar-refractivity contribution in [1.29, 1.82) is 0 Å². The van der Waals surface area contributed by atoms with Gasteiger partial charge in [-0.1, -0.05) is 13.8 Å². The van der Waals surface area contributed by atoms with E-state index < -0.39 is 0 Å². The van der Waals surface area contributed by atoms with Crippen molar-refractivity contribution in [3.63, 3.8) is 0 Å². The lowest BCUT2D eigenvalue weighted by atomic mass is 10.2. The molecule has 2 aromatic rings. The number of anilines is 1. The van der Waals surface area contributed by atoms with Crippen LogP contribution in [0.3, 0.4) is 0 Å². The van der Waals surface area contributed by atoms with Crippen LogP contribution in [-0.4, -0.2) is 28.5 Å². The lowest BCUT2D eigenvalue weighted by molar-refractivity contribution is 0.0929. The Bertz CT molecular complexity index is 708. The summed E-state index contributed by atoms with van der Waals surface area (Å²) >= 11 is 0. The van der Waals surface area contributed by atoms with Gasteiger partial charge in [0.05, 0.1) is 12.2 Å². The summed E-state index contributed by atoms with van der Waals surface area (Å²) < 4.78 is 11.3. The van der Waals surface area contributed by atoms with Gasteiger partial charge < -0.3 is 9.15 Å². The average molecular weight is 301 g/mol. The minimum absolute atomic E-state index is 0.126. The van der Waals surface area contributed by atoms with Gasteiger partial charge in [-0.05, 0) is 26.0 Å². The Kier molecular flexibility index (Phi) is 3.60. The molecule has 0 saturated carbocycles. The highest BCUT2D eigenvalue weighted by atomic mass is 16.5. The molecule has 0 bridgehead atoms. The number of amides is 1. The Morgan fingerprint density at radius 3 is 2.91 bits per heavy atom. The predicted molar refractivity (Wildman–Crippen MR) is 81.3 cm³/mol. The van der Waals surface area contributed by atoms with E-state index >= 15 is 0 Å². The van der Waals surface area contributed by atoms with E-state index in [0.717, 1.165) is 0 Å². The van der Waals surface area contributed by atoms with E-state index in [2.05, 4.69) is 9.97 Å². The molecule has 0 spiro atoms. The molecule has 1 aliphatic heterocycles. The van der Waals surface area contributed by atoms with Crippen LogP contribution in [0.2, 0.25) is 0 Å². The van der Waals surface area contributed by atoms with Gasteiger partial charge in [-0.2, -0.15) is 0 Å². The number of ether oxygens (including phenoxy) is 1. The summed E-state index contributed by atoms with van der Waals surface area (Å²) in [5, 5.41) is 0. The van der Waals surface area contributed by atoms with Gasteiger partial charge in [0.1, 0.15) is 11.8 Å². The van der Waals surface area contributed by atoms with Gasteiger partial charge in [0, 0.05) is 12.1 Å². The molecule has 22 heavy (non-hydrogen) atoms. The van der Waals surface area contributed by atoms with E-state index in [0.29, 0.717) is 29.7 Å². The zero-order valence-electron chi connectivity index (χ0n) is 13.2. The number of carbonyl (C=O) groups excluding carboxylic acids is 1. The van der Waals surface area contributed by atoms with Crippen molar-refractivity contribution in [3.05, 3.63) is 35.7 Å². The van der Waals surface area contributed by atoms with E-state index in [1.165, 1.54) is 0 Å². The molecule has 0 N–H and O–H groups in total. The largest absolute Gasteiger partial charge is 0.471 e. The molecule has 0 aromatic carbocycles. The summed E-state index contributed by atoms with van der Waals surface area (Å²) in [5.41, 5.74) is 1.27. The molecule has 1 atom stereocenters. The molecule has 3 heterocycles. The highest BCUT2D eigenvalue weighted by Gasteiger charge is 2.32. The van der Waals surface area contributed by atoms with Crippen LogP contribution >= 0.6 is 0 Å². The van der Waals surface area contributed by atoms with Crippen LogP contribution < -0.4 is 9.64 Å². The smallest absolute Gasteiger partial charge is 0.296 e. The van der Waals surface area contributed by atoms with Crippen molar-refractivity contribution < 1.29 is 13.9 Å². The zero-order chi connectivity index (χ0) is 15.9. The molecule has 3 rings (SSSR count). The second-order valence-corrected chi connectivity index (χ2v) is 5.79. The number of fused-ring (bicyclic) bond motifs is 1. The van der Waals surface area contributed by atoms with Crippen molar-refractivity contribution in [2.45, 2.75) is 39.7 Å². The molecule has 0 saturated heterocycles. The summed E-state index contributed by atoms with van der Waals surface area (Å²) in [6, 6.07) is 3.60. The van der Waals surface area contributed by atoms with Gasteiger partial charge in [-0.25, -0.2) is 9.97 Å². The second kappa shape index (κ2) is 5.44. The minimum atomic E-state index is -0.207. The molecule has 0 radical (unpaired) electrons. The number of hydrogen-bond donors (Lipinski definition) is 0. The summed E-state index contributed by atoms with van der Waals surface area (Å²) in [6.45, 7) is 8.11. The molecule has 6 heteroatoms. The molecule has 1 unspecified atom stereocenters. The number of hydrogen-bond acceptors (Lipinski definition) is 5. The van der Waals surface area contributed by atoms with Crippen LogP contribution in [0.15, 0.2) is 22.7 Å². The predicted octanol–water partition coefficient (Wildman–Crippen LogP) is 2.93. The van der Waals surface area contributed by atoms with E-state index in [9.17, 15) is 4.79 Å². The van der Waals surface area contributed by atoms with E-state index in [4.69, 9.17) is 9.15 Å². The molecular weight excluding hydrogens is 282 g/mol. The highest BCUT2D eigenvalue weighted by Crippen LogP contribution is 2.32. The third-order valence-electron chi connectivity index (χ3n) is 3.54. The number of aromatic nitrogens is 2. The Labute approximate surface area is 129 Å². The van der Waals surface area contributed by atoms with Crippen LogP contribution in [0.1, 0.15) is 48.8 Å². The van der Waals surface area contributed by atoms with Crippen molar-refractivity contribution in [2.24, 2.45) is 0 Å². The molecular formula is C16H19N3O3. The molecule has 6 nitrogen and oxygen atoms in total. The fourth-order valence-electron chi connectivity index (χ4n) is 2.44. The van der Waals surface area contributed by atoms with Crippen molar-refractivity contribution in [2.75, 3.05) is 11.4 Å². The standard InChI is InChI=1S/C16H19N3O3/c1-9(2)14-18-11(4)13(22-14)16(20)19-8-10(3)21-15-12(19)6-5-7-17-15/h5-7,9-10H,8H2,1-4H3. The maximum absolute atomic E-state index is 12.9. The summed E-state index contributed by atoms with van der Waals surface area (Å²) in [4.78, 5) is 23.1. The third kappa shape index (κ3) is 2.45. The third-order valence-corrected chi connectivity index (χ3v) is 3.54. The first-order valence-electron chi connectivity index (χ1n) is 7.38. The lowest BCUT2D eigenvalue weighted by Gasteiger charge is -2.31. The average Bonchev–Trinajstić information content (AvgIpc) is 2.88. The van der Waals surface area contributed by atoms with Gasteiger partial charge in [-0.3, -0.25) is 9.69 Å². The summed E-state index contributed by atoms with van der Waals surface area (Å²) in [7, 11) is 0. The van der Waals surface area contributed by atoms with Crippen molar-refractivity contribution >= 4 is 11.6 Å². The number of nitrogens with zero attached hydrogens (tertiary/aromatic N) is 3. The quantitative estimate of drug-likeness (QED) is 0.853. The van der Waals surface area contributed by atoms with Crippen molar-refractivity contribution in [1.82, 2.24) is 9.97 Å². The monoisotopic (exact) mass is 301 g/mol. The molecule has 1 amide bonds. The lowest BCUT2D eigenvalue weighted by Crippen LogP contribution is -2.42. The van der Waals surface area contributed by atoms with Gasteiger partial charge in [0.15, 0.2) is 5.89 Å². The molecule has 116 valence electrons. The van der Waals surface area contributed by atoms with Gasteiger partial charge in [0.2, 0.25) is 11.6 Å². The Balaban J connectivity index is 1.99. The van der Waals surface area contributed by atoms with E-state index in [1.807, 2.05) is 26.8 Å². The topological polar surface area (TPSA) is 68.5 Å². The maximum atomic E-state index is 12.9. The van der Waals surface area contributed by atoms with Crippen LogP contribution in [0, 0.1) is 6.92 Å². The molecule has 1 aliphatic rings. The van der Waals surface area contributed by atoms with Gasteiger partial charge in [-0.15, -0.1) is 0 Å². The van der Waals surface area contributed by atoms with Gasteiger partial charge in [0.25, 0.3) is 5.91 Å².